The highest BCUT2D eigenvalue weighted by molar-refractivity contribution is 6.05. The first-order valence-corrected chi connectivity index (χ1v) is 7.26. The zero-order valence-corrected chi connectivity index (χ0v) is 12.4. The van der Waals surface area contributed by atoms with Crippen LogP contribution >= 0.6 is 0 Å². The lowest BCUT2D eigenvalue weighted by Crippen LogP contribution is -2.49. The molecule has 1 aliphatic heterocycles. The second-order valence-electron chi connectivity index (χ2n) is 6.01. The molecule has 1 aromatic rings. The summed E-state index contributed by atoms with van der Waals surface area (Å²) in [6.45, 7) is 2.03. The Morgan fingerprint density at radius 2 is 2.00 bits per heavy atom. The van der Waals surface area contributed by atoms with Crippen LogP contribution in [0, 0.1) is 11.3 Å². The van der Waals surface area contributed by atoms with Gasteiger partial charge in [-0.05, 0) is 19.8 Å². The zero-order valence-electron chi connectivity index (χ0n) is 12.4. The van der Waals surface area contributed by atoms with E-state index in [1.54, 1.807) is 18.1 Å². The van der Waals surface area contributed by atoms with Crippen molar-refractivity contribution in [3.05, 3.63) is 59.8 Å². The van der Waals surface area contributed by atoms with Crippen LogP contribution in [0.15, 0.2) is 54.3 Å². The number of hydrogen-bond acceptors (Lipinski definition) is 2. The van der Waals surface area contributed by atoms with Crippen LogP contribution in [0.4, 0.5) is 0 Å². The number of Topliss-reactive ketones (excluding diaryl/α,β-unsaturated/α-hetero) is 1. The fourth-order valence-corrected chi connectivity index (χ4v) is 3.31. The molecule has 1 aliphatic carbocycles. The van der Waals surface area contributed by atoms with Gasteiger partial charge >= 0.3 is 0 Å². The van der Waals surface area contributed by atoms with Crippen LogP contribution in [0.25, 0.3) is 0 Å². The Kier molecular flexibility index (Phi) is 3.28. The first-order valence-electron chi connectivity index (χ1n) is 7.26. The number of nitrogens with zero attached hydrogens (tertiary/aromatic N) is 1. The third-order valence-corrected chi connectivity index (χ3v) is 4.64. The molecule has 0 fully saturated rings. The van der Waals surface area contributed by atoms with Crippen molar-refractivity contribution in [2.45, 2.75) is 19.8 Å². The van der Waals surface area contributed by atoms with E-state index in [0.29, 0.717) is 18.4 Å². The number of amides is 1. The summed E-state index contributed by atoms with van der Waals surface area (Å²) in [5.74, 6) is -0.200. The van der Waals surface area contributed by atoms with Crippen molar-refractivity contribution >= 4 is 11.7 Å². The van der Waals surface area contributed by atoms with Crippen molar-refractivity contribution in [2.24, 2.45) is 11.3 Å². The van der Waals surface area contributed by atoms with E-state index in [-0.39, 0.29) is 17.6 Å². The highest BCUT2D eigenvalue weighted by Crippen LogP contribution is 2.47. The normalized spacial score (nSPS) is 28.1. The van der Waals surface area contributed by atoms with Gasteiger partial charge in [0, 0.05) is 18.8 Å². The van der Waals surface area contributed by atoms with E-state index in [2.05, 4.69) is 6.08 Å². The molecule has 3 nitrogen and oxygen atoms in total. The minimum atomic E-state index is -0.718. The monoisotopic (exact) mass is 281 g/mol. The van der Waals surface area contributed by atoms with Crippen LogP contribution in [0.2, 0.25) is 0 Å². The molecule has 0 aromatic heterocycles. The minimum absolute atomic E-state index is 0.0363. The number of carbonyl (C=O) groups excluding carboxylic acids is 2. The molecule has 1 aromatic carbocycles. The Bertz CT molecular complexity index is 644. The van der Waals surface area contributed by atoms with Crippen molar-refractivity contribution in [1.29, 1.82) is 0 Å². The largest absolute Gasteiger partial charge is 0.322 e. The van der Waals surface area contributed by atoms with Gasteiger partial charge in [-0.3, -0.25) is 9.59 Å². The summed E-state index contributed by atoms with van der Waals surface area (Å²) < 4.78 is 0. The van der Waals surface area contributed by atoms with Gasteiger partial charge in [-0.2, -0.15) is 0 Å². The molecule has 108 valence electrons. The van der Waals surface area contributed by atoms with Gasteiger partial charge in [0.25, 0.3) is 0 Å². The number of benzene rings is 1. The van der Waals surface area contributed by atoms with Gasteiger partial charge < -0.3 is 4.90 Å². The SMILES string of the molecule is CC1=CC[C@]2(C(=O)c3ccccc3)C=CN(C)C(=O)[C@H]2C1. The van der Waals surface area contributed by atoms with Crippen LogP contribution in [0.5, 0.6) is 0 Å². The van der Waals surface area contributed by atoms with E-state index in [9.17, 15) is 9.59 Å². The highest BCUT2D eigenvalue weighted by Gasteiger charge is 2.50. The molecule has 1 heterocycles. The van der Waals surface area contributed by atoms with Gasteiger partial charge in [-0.25, -0.2) is 0 Å². The van der Waals surface area contributed by atoms with Gasteiger partial charge in [0.2, 0.25) is 5.91 Å². The predicted molar refractivity (Wildman–Crippen MR) is 81.6 cm³/mol. The maximum Gasteiger partial charge on any atom is 0.231 e. The highest BCUT2D eigenvalue weighted by atomic mass is 16.2. The number of hydrogen-bond donors (Lipinski definition) is 0. The number of ketones is 1. The Morgan fingerprint density at radius 3 is 2.71 bits per heavy atom. The summed E-state index contributed by atoms with van der Waals surface area (Å²) >= 11 is 0. The fourth-order valence-electron chi connectivity index (χ4n) is 3.31. The molecule has 2 aliphatic rings. The van der Waals surface area contributed by atoms with Gasteiger partial charge in [0.05, 0.1) is 11.3 Å². The van der Waals surface area contributed by atoms with Crippen molar-refractivity contribution in [3.63, 3.8) is 0 Å². The van der Waals surface area contributed by atoms with Crippen molar-refractivity contribution in [2.75, 3.05) is 7.05 Å². The molecule has 0 spiro atoms. The quantitative estimate of drug-likeness (QED) is 0.616. The summed E-state index contributed by atoms with van der Waals surface area (Å²) in [7, 11) is 1.75. The number of carbonyl (C=O) groups is 2. The summed E-state index contributed by atoms with van der Waals surface area (Å²) in [5.41, 5.74) is 1.15. The third kappa shape index (κ3) is 2.13. The maximum atomic E-state index is 13.1. The molecule has 0 saturated heterocycles. The van der Waals surface area contributed by atoms with Crippen LogP contribution in [-0.4, -0.2) is 23.6 Å². The van der Waals surface area contributed by atoms with Crippen LogP contribution < -0.4 is 0 Å². The fraction of sp³-hybridized carbons (Fsp3) is 0.333. The first kappa shape index (κ1) is 13.8. The number of allylic oxidation sites excluding steroid dienone is 3. The van der Waals surface area contributed by atoms with E-state index in [1.807, 2.05) is 43.3 Å². The molecule has 1 amide bonds. The average molecular weight is 281 g/mol. The van der Waals surface area contributed by atoms with Gasteiger partial charge in [-0.1, -0.05) is 48.1 Å². The van der Waals surface area contributed by atoms with E-state index < -0.39 is 5.41 Å². The lowest BCUT2D eigenvalue weighted by atomic mass is 9.62. The topological polar surface area (TPSA) is 37.4 Å². The van der Waals surface area contributed by atoms with Crippen molar-refractivity contribution in [3.8, 4) is 0 Å². The van der Waals surface area contributed by atoms with Gasteiger partial charge in [-0.15, -0.1) is 0 Å². The summed E-state index contributed by atoms with van der Waals surface area (Å²) in [5, 5.41) is 0. The molecule has 3 heteroatoms. The maximum absolute atomic E-state index is 13.1. The first-order chi connectivity index (χ1) is 10.0. The lowest BCUT2D eigenvalue weighted by molar-refractivity contribution is -0.135. The van der Waals surface area contributed by atoms with Crippen LogP contribution in [-0.2, 0) is 4.79 Å². The summed E-state index contributed by atoms with van der Waals surface area (Å²) in [6.07, 6.45) is 7.03. The van der Waals surface area contributed by atoms with Gasteiger partial charge in [0.1, 0.15) is 0 Å². The standard InChI is InChI=1S/C18H19NO2/c1-13-8-9-18(16(20)14-6-4-3-5-7-14)10-11-19(2)17(21)15(18)12-13/h3-8,10-11,15H,9,12H2,1-2H3/t15-,18+/m1/s1. The van der Waals surface area contributed by atoms with Crippen LogP contribution in [0.3, 0.4) is 0 Å². The second-order valence-corrected chi connectivity index (χ2v) is 6.01. The summed E-state index contributed by atoms with van der Waals surface area (Å²) in [6, 6.07) is 9.28. The molecule has 0 N–H and O–H groups in total. The third-order valence-electron chi connectivity index (χ3n) is 4.64. The minimum Gasteiger partial charge on any atom is -0.322 e. The Morgan fingerprint density at radius 1 is 1.29 bits per heavy atom. The van der Waals surface area contributed by atoms with E-state index in [1.165, 1.54) is 5.57 Å². The van der Waals surface area contributed by atoms with Crippen molar-refractivity contribution in [1.82, 2.24) is 4.90 Å². The summed E-state index contributed by atoms with van der Waals surface area (Å²) in [4.78, 5) is 27.2. The average Bonchev–Trinajstić information content (AvgIpc) is 2.52. The molecule has 0 saturated carbocycles. The van der Waals surface area contributed by atoms with E-state index >= 15 is 0 Å². The van der Waals surface area contributed by atoms with Crippen molar-refractivity contribution < 1.29 is 9.59 Å². The van der Waals surface area contributed by atoms with Crippen LogP contribution in [0.1, 0.15) is 30.1 Å². The molecule has 0 radical (unpaired) electrons. The van der Waals surface area contributed by atoms with Gasteiger partial charge in [0.15, 0.2) is 5.78 Å². The smallest absolute Gasteiger partial charge is 0.231 e. The van der Waals surface area contributed by atoms with E-state index in [0.717, 1.165) is 0 Å². The Balaban J connectivity index is 2.09. The zero-order chi connectivity index (χ0) is 15.0. The molecule has 0 unspecified atom stereocenters. The molecule has 2 atom stereocenters. The Hall–Kier alpha value is -2.16. The lowest BCUT2D eigenvalue weighted by Gasteiger charge is -2.43. The molecule has 3 rings (SSSR count). The number of rotatable bonds is 2. The van der Waals surface area contributed by atoms with E-state index in [4.69, 9.17) is 0 Å². The molecule has 21 heavy (non-hydrogen) atoms. The Labute approximate surface area is 125 Å². The molecular weight excluding hydrogens is 262 g/mol. The molecule has 0 bridgehead atoms. The predicted octanol–water partition coefficient (Wildman–Crippen LogP) is 3.20. The number of fused-ring (bicyclic) bond motifs is 1. The second kappa shape index (κ2) is 4.99. The molecular formula is C18H19NO2.